The Morgan fingerprint density at radius 2 is 1.65 bits per heavy atom. The van der Waals surface area contributed by atoms with Gasteiger partial charge < -0.3 is 10.2 Å². The van der Waals surface area contributed by atoms with Crippen molar-refractivity contribution in [2.75, 3.05) is 18.9 Å². The second-order valence-corrected chi connectivity index (χ2v) is 7.05. The lowest BCUT2D eigenvalue weighted by Crippen LogP contribution is -2.34. The smallest absolute Gasteiger partial charge is 0.244 e. The standard InChI is InChI=1S/C20H22Cl2N2O2/c1-14-9-11-15(12-10-14)5-3-8-19(26)24(2)13-18(25)23-20-16(21)6-4-7-17(20)22/h4,6-7,9-12H,3,5,8,13H2,1-2H3,(H,23,25). The van der Waals surface area contributed by atoms with Crippen LogP contribution >= 0.6 is 23.2 Å². The van der Waals surface area contributed by atoms with E-state index in [-0.39, 0.29) is 18.4 Å². The van der Waals surface area contributed by atoms with E-state index in [2.05, 4.69) is 29.6 Å². The lowest BCUT2D eigenvalue weighted by molar-refractivity contribution is -0.133. The molecule has 0 atom stereocenters. The Bertz CT molecular complexity index is 756. The first-order valence-electron chi connectivity index (χ1n) is 8.40. The van der Waals surface area contributed by atoms with Crippen LogP contribution < -0.4 is 5.32 Å². The molecule has 2 aromatic carbocycles. The van der Waals surface area contributed by atoms with Gasteiger partial charge >= 0.3 is 0 Å². The summed E-state index contributed by atoms with van der Waals surface area (Å²) in [6, 6.07) is 13.3. The van der Waals surface area contributed by atoms with Gasteiger partial charge in [0.2, 0.25) is 11.8 Å². The SMILES string of the molecule is Cc1ccc(CCCC(=O)N(C)CC(=O)Nc2c(Cl)cccc2Cl)cc1. The minimum absolute atomic E-state index is 0.0507. The van der Waals surface area contributed by atoms with E-state index in [1.807, 2.05) is 6.92 Å². The van der Waals surface area contributed by atoms with Crippen LogP contribution in [0, 0.1) is 6.92 Å². The van der Waals surface area contributed by atoms with Gasteiger partial charge in [-0.2, -0.15) is 0 Å². The van der Waals surface area contributed by atoms with Crippen molar-refractivity contribution >= 4 is 40.7 Å². The Balaban J connectivity index is 1.79. The molecule has 0 fully saturated rings. The summed E-state index contributed by atoms with van der Waals surface area (Å²) >= 11 is 12.1. The summed E-state index contributed by atoms with van der Waals surface area (Å²) in [6.45, 7) is 1.99. The largest absolute Gasteiger partial charge is 0.336 e. The molecule has 2 rings (SSSR count). The van der Waals surface area contributed by atoms with E-state index in [1.54, 1.807) is 25.2 Å². The second-order valence-electron chi connectivity index (χ2n) is 6.23. The maximum atomic E-state index is 12.2. The van der Waals surface area contributed by atoms with Gasteiger partial charge in [0.15, 0.2) is 0 Å². The minimum Gasteiger partial charge on any atom is -0.336 e. The summed E-state index contributed by atoms with van der Waals surface area (Å²) < 4.78 is 0. The highest BCUT2D eigenvalue weighted by Gasteiger charge is 2.15. The monoisotopic (exact) mass is 392 g/mol. The van der Waals surface area contributed by atoms with Crippen molar-refractivity contribution in [2.45, 2.75) is 26.2 Å². The second kappa shape index (κ2) is 9.60. The molecule has 4 nitrogen and oxygen atoms in total. The highest BCUT2D eigenvalue weighted by atomic mass is 35.5. The van der Waals surface area contributed by atoms with Crippen LogP contribution in [-0.2, 0) is 16.0 Å². The number of halogens is 2. The molecule has 0 saturated heterocycles. The Hall–Kier alpha value is -2.04. The summed E-state index contributed by atoms with van der Waals surface area (Å²) in [7, 11) is 1.61. The van der Waals surface area contributed by atoms with Crippen molar-refractivity contribution in [2.24, 2.45) is 0 Å². The van der Waals surface area contributed by atoms with E-state index in [0.717, 1.165) is 12.8 Å². The summed E-state index contributed by atoms with van der Waals surface area (Å²) in [6.07, 6.45) is 1.97. The molecule has 0 radical (unpaired) electrons. The van der Waals surface area contributed by atoms with Crippen LogP contribution in [0.1, 0.15) is 24.0 Å². The fourth-order valence-electron chi connectivity index (χ4n) is 2.49. The third-order valence-electron chi connectivity index (χ3n) is 4.01. The van der Waals surface area contributed by atoms with Crippen molar-refractivity contribution in [3.8, 4) is 0 Å². The van der Waals surface area contributed by atoms with Crippen LogP contribution in [0.3, 0.4) is 0 Å². The van der Waals surface area contributed by atoms with Crippen LogP contribution in [0.4, 0.5) is 5.69 Å². The average molecular weight is 393 g/mol. The zero-order valence-electron chi connectivity index (χ0n) is 14.9. The zero-order chi connectivity index (χ0) is 19.1. The highest BCUT2D eigenvalue weighted by Crippen LogP contribution is 2.29. The number of benzene rings is 2. The third kappa shape index (κ3) is 6.04. The van der Waals surface area contributed by atoms with Crippen LogP contribution in [0.2, 0.25) is 10.0 Å². The first-order valence-corrected chi connectivity index (χ1v) is 9.16. The molecule has 0 aliphatic heterocycles. The molecule has 0 aliphatic rings. The van der Waals surface area contributed by atoms with E-state index in [1.165, 1.54) is 16.0 Å². The predicted octanol–water partition coefficient (Wildman–Crippen LogP) is 4.72. The molecule has 0 heterocycles. The fraction of sp³-hybridized carbons (Fsp3) is 0.300. The summed E-state index contributed by atoms with van der Waals surface area (Å²) in [5.41, 5.74) is 2.78. The van der Waals surface area contributed by atoms with Gasteiger partial charge in [0.25, 0.3) is 0 Å². The first kappa shape index (κ1) is 20.3. The number of hydrogen-bond donors (Lipinski definition) is 1. The summed E-state index contributed by atoms with van der Waals surface area (Å²) in [5.74, 6) is -0.410. The minimum atomic E-state index is -0.339. The van der Waals surface area contributed by atoms with Gasteiger partial charge in [-0.15, -0.1) is 0 Å². The van der Waals surface area contributed by atoms with Crippen molar-refractivity contribution in [3.63, 3.8) is 0 Å². The van der Waals surface area contributed by atoms with Gasteiger partial charge in [-0.1, -0.05) is 59.1 Å². The molecule has 2 amide bonds. The lowest BCUT2D eigenvalue weighted by atomic mass is 10.1. The number of rotatable bonds is 7. The van der Waals surface area contributed by atoms with Crippen molar-refractivity contribution in [1.82, 2.24) is 4.90 Å². The van der Waals surface area contributed by atoms with Crippen molar-refractivity contribution < 1.29 is 9.59 Å². The Morgan fingerprint density at radius 3 is 2.27 bits per heavy atom. The van der Waals surface area contributed by atoms with Gasteiger partial charge in [-0.25, -0.2) is 0 Å². The number of nitrogens with one attached hydrogen (secondary N) is 1. The number of nitrogens with zero attached hydrogens (tertiary/aromatic N) is 1. The van der Waals surface area contributed by atoms with Crippen molar-refractivity contribution in [1.29, 1.82) is 0 Å². The van der Waals surface area contributed by atoms with Crippen molar-refractivity contribution in [3.05, 3.63) is 63.6 Å². The topological polar surface area (TPSA) is 49.4 Å². The molecule has 0 aliphatic carbocycles. The first-order chi connectivity index (χ1) is 12.4. The van der Waals surface area contributed by atoms with E-state index in [4.69, 9.17) is 23.2 Å². The molecule has 0 spiro atoms. The van der Waals surface area contributed by atoms with Gasteiger partial charge in [0, 0.05) is 13.5 Å². The maximum absolute atomic E-state index is 12.2. The van der Waals surface area contributed by atoms with Crippen LogP contribution in [0.25, 0.3) is 0 Å². The number of carbonyl (C=O) groups is 2. The quantitative estimate of drug-likeness (QED) is 0.740. The predicted molar refractivity (Wildman–Crippen MR) is 107 cm³/mol. The van der Waals surface area contributed by atoms with E-state index < -0.39 is 0 Å². The number of carbonyl (C=O) groups excluding carboxylic acids is 2. The Kier molecular flexibility index (Phi) is 7.49. The molecular formula is C20H22Cl2N2O2. The Morgan fingerprint density at radius 1 is 1.04 bits per heavy atom. The van der Waals surface area contributed by atoms with Crippen LogP contribution in [-0.4, -0.2) is 30.3 Å². The average Bonchev–Trinajstić information content (AvgIpc) is 2.60. The van der Waals surface area contributed by atoms with Gasteiger partial charge in [0.05, 0.1) is 22.3 Å². The normalized spacial score (nSPS) is 10.5. The zero-order valence-corrected chi connectivity index (χ0v) is 16.4. The molecule has 0 saturated carbocycles. The van der Waals surface area contributed by atoms with Crippen LogP contribution in [0.15, 0.2) is 42.5 Å². The fourth-order valence-corrected chi connectivity index (χ4v) is 2.98. The molecule has 0 aromatic heterocycles. The number of anilines is 1. The number of amides is 2. The molecule has 0 unspecified atom stereocenters. The highest BCUT2D eigenvalue weighted by molar-refractivity contribution is 6.39. The van der Waals surface area contributed by atoms with E-state index in [0.29, 0.717) is 22.2 Å². The summed E-state index contributed by atoms with van der Waals surface area (Å²) in [5, 5.41) is 3.37. The molecular weight excluding hydrogens is 371 g/mol. The van der Waals surface area contributed by atoms with Gasteiger partial charge in [-0.3, -0.25) is 9.59 Å². The molecule has 0 bridgehead atoms. The maximum Gasteiger partial charge on any atom is 0.244 e. The molecule has 26 heavy (non-hydrogen) atoms. The number of likely N-dealkylation sites (N-methyl/N-ethyl adjacent to an activating group) is 1. The van der Waals surface area contributed by atoms with Gasteiger partial charge in [-0.05, 0) is 37.5 Å². The molecule has 138 valence electrons. The molecule has 1 N–H and O–H groups in total. The number of hydrogen-bond acceptors (Lipinski definition) is 2. The number of para-hydroxylation sites is 1. The Labute approximate surface area is 164 Å². The molecule has 6 heteroatoms. The van der Waals surface area contributed by atoms with E-state index >= 15 is 0 Å². The number of aryl methyl sites for hydroxylation is 2. The van der Waals surface area contributed by atoms with Crippen LogP contribution in [0.5, 0.6) is 0 Å². The lowest BCUT2D eigenvalue weighted by Gasteiger charge is -2.17. The van der Waals surface area contributed by atoms with E-state index in [9.17, 15) is 9.59 Å². The van der Waals surface area contributed by atoms with Gasteiger partial charge in [0.1, 0.15) is 0 Å². The summed E-state index contributed by atoms with van der Waals surface area (Å²) in [4.78, 5) is 25.8. The third-order valence-corrected chi connectivity index (χ3v) is 4.64. The molecule has 2 aromatic rings.